The molecule has 0 spiro atoms. The van der Waals surface area contributed by atoms with Gasteiger partial charge < -0.3 is 10.1 Å². The molecule has 1 atom stereocenters. The lowest BCUT2D eigenvalue weighted by atomic mass is 10.2. The Labute approximate surface area is 162 Å². The van der Waals surface area contributed by atoms with Crippen molar-refractivity contribution in [3.05, 3.63) is 72.4 Å². The van der Waals surface area contributed by atoms with E-state index in [4.69, 9.17) is 4.74 Å². The zero-order valence-electron chi connectivity index (χ0n) is 15.5. The molecule has 1 aromatic carbocycles. The third-order valence-electron chi connectivity index (χ3n) is 3.72. The third kappa shape index (κ3) is 5.44. The molecule has 0 aliphatic carbocycles. The second kappa shape index (κ2) is 8.85. The molecule has 0 radical (unpaired) electrons. The zero-order chi connectivity index (χ0) is 19.9. The molecule has 3 aromatic rings. The Kier molecular flexibility index (Phi) is 6.06. The van der Waals surface area contributed by atoms with Crippen LogP contribution in [-0.2, 0) is 4.79 Å². The largest absolute Gasteiger partial charge is 0.439 e. The molecular formula is C21H19FN4O2. The monoisotopic (exact) mass is 378 g/mol. The van der Waals surface area contributed by atoms with Crippen LogP contribution in [0, 0.1) is 5.82 Å². The van der Waals surface area contributed by atoms with Crippen molar-refractivity contribution in [2.45, 2.75) is 19.9 Å². The van der Waals surface area contributed by atoms with Gasteiger partial charge >= 0.3 is 0 Å². The van der Waals surface area contributed by atoms with E-state index in [1.807, 2.05) is 25.1 Å². The summed E-state index contributed by atoms with van der Waals surface area (Å²) in [5, 5.41) is 2.78. The minimum Gasteiger partial charge on any atom is -0.439 e. The standard InChI is InChI=1S/C21H19FN4O2/c1-14(26-15(2)27)3-4-16-5-10-20(23-11-16)28-19-8-6-17(7-9-19)21-24-12-18(22)13-25-21/h3-14H,1-2H3,(H,26,27)/b4-3+/t14-/m0/s1. The van der Waals surface area contributed by atoms with Crippen molar-refractivity contribution in [3.63, 3.8) is 0 Å². The number of hydrogen-bond acceptors (Lipinski definition) is 5. The van der Waals surface area contributed by atoms with Gasteiger partial charge in [0.25, 0.3) is 0 Å². The summed E-state index contributed by atoms with van der Waals surface area (Å²) in [6.45, 7) is 3.38. The number of amides is 1. The van der Waals surface area contributed by atoms with Gasteiger partial charge in [-0.25, -0.2) is 19.3 Å². The lowest BCUT2D eigenvalue weighted by Gasteiger charge is -2.07. The number of aromatic nitrogens is 3. The maximum Gasteiger partial charge on any atom is 0.219 e. The molecule has 2 aromatic heterocycles. The predicted octanol–water partition coefficient (Wildman–Crippen LogP) is 4.01. The maximum absolute atomic E-state index is 12.9. The Balaban J connectivity index is 1.61. The minimum atomic E-state index is -0.474. The van der Waals surface area contributed by atoms with E-state index in [0.717, 1.165) is 23.5 Å². The molecule has 0 fully saturated rings. The molecule has 0 aliphatic heterocycles. The van der Waals surface area contributed by atoms with E-state index < -0.39 is 5.82 Å². The molecule has 7 heteroatoms. The van der Waals surface area contributed by atoms with E-state index in [2.05, 4.69) is 20.3 Å². The first-order valence-corrected chi connectivity index (χ1v) is 8.67. The van der Waals surface area contributed by atoms with E-state index in [0.29, 0.717) is 17.5 Å². The molecule has 28 heavy (non-hydrogen) atoms. The number of halogens is 1. The number of benzene rings is 1. The Morgan fingerprint density at radius 1 is 1.07 bits per heavy atom. The van der Waals surface area contributed by atoms with Gasteiger partial charge in [0.2, 0.25) is 11.8 Å². The number of nitrogens with one attached hydrogen (secondary N) is 1. The molecule has 0 unspecified atom stereocenters. The van der Waals surface area contributed by atoms with Gasteiger partial charge in [0.1, 0.15) is 5.75 Å². The number of carbonyl (C=O) groups is 1. The van der Waals surface area contributed by atoms with Crippen LogP contribution in [0.3, 0.4) is 0 Å². The lowest BCUT2D eigenvalue weighted by Crippen LogP contribution is -2.28. The summed E-state index contributed by atoms with van der Waals surface area (Å²) < 4.78 is 18.6. The molecule has 2 heterocycles. The van der Waals surface area contributed by atoms with Gasteiger partial charge in [-0.15, -0.1) is 0 Å². The van der Waals surface area contributed by atoms with Gasteiger partial charge in [-0.2, -0.15) is 0 Å². The van der Waals surface area contributed by atoms with Gasteiger partial charge in [-0.1, -0.05) is 12.2 Å². The smallest absolute Gasteiger partial charge is 0.219 e. The van der Waals surface area contributed by atoms with Crippen LogP contribution in [0.1, 0.15) is 19.4 Å². The molecule has 142 valence electrons. The van der Waals surface area contributed by atoms with Crippen molar-refractivity contribution in [2.24, 2.45) is 0 Å². The summed E-state index contributed by atoms with van der Waals surface area (Å²) in [6.07, 6.45) is 7.71. The maximum atomic E-state index is 12.9. The Morgan fingerprint density at radius 3 is 2.39 bits per heavy atom. The average molecular weight is 378 g/mol. The lowest BCUT2D eigenvalue weighted by molar-refractivity contribution is -0.119. The summed E-state index contributed by atoms with van der Waals surface area (Å²) in [6, 6.07) is 10.7. The fourth-order valence-electron chi connectivity index (χ4n) is 2.43. The van der Waals surface area contributed by atoms with Gasteiger partial charge in [-0.3, -0.25) is 4.79 Å². The number of hydrogen-bond donors (Lipinski definition) is 1. The fraction of sp³-hybridized carbons (Fsp3) is 0.143. The highest BCUT2D eigenvalue weighted by Gasteiger charge is 2.04. The molecule has 3 rings (SSSR count). The molecule has 0 saturated carbocycles. The highest BCUT2D eigenvalue weighted by molar-refractivity contribution is 5.73. The molecule has 0 saturated heterocycles. The van der Waals surface area contributed by atoms with E-state index in [1.165, 1.54) is 6.92 Å². The van der Waals surface area contributed by atoms with Gasteiger partial charge in [0.15, 0.2) is 11.6 Å². The predicted molar refractivity (Wildman–Crippen MR) is 104 cm³/mol. The summed E-state index contributed by atoms with van der Waals surface area (Å²) in [5.74, 6) is 0.961. The highest BCUT2D eigenvalue weighted by Crippen LogP contribution is 2.23. The van der Waals surface area contributed by atoms with Crippen LogP contribution < -0.4 is 10.1 Å². The van der Waals surface area contributed by atoms with Gasteiger partial charge in [-0.05, 0) is 42.8 Å². The molecular weight excluding hydrogens is 359 g/mol. The molecule has 6 nitrogen and oxygen atoms in total. The van der Waals surface area contributed by atoms with Crippen LogP contribution in [0.5, 0.6) is 11.6 Å². The van der Waals surface area contributed by atoms with Crippen molar-refractivity contribution in [1.82, 2.24) is 20.3 Å². The number of ether oxygens (including phenoxy) is 1. The Hall–Kier alpha value is -3.61. The van der Waals surface area contributed by atoms with Crippen LogP contribution in [-0.4, -0.2) is 26.9 Å². The van der Waals surface area contributed by atoms with Gasteiger partial charge in [0.05, 0.1) is 12.4 Å². The number of rotatable bonds is 6. The van der Waals surface area contributed by atoms with Crippen molar-refractivity contribution in [3.8, 4) is 23.0 Å². The number of pyridine rings is 1. The van der Waals surface area contributed by atoms with E-state index >= 15 is 0 Å². The summed E-state index contributed by atoms with van der Waals surface area (Å²) in [7, 11) is 0. The van der Waals surface area contributed by atoms with Crippen LogP contribution in [0.4, 0.5) is 4.39 Å². The normalized spacial score (nSPS) is 12.0. The fourth-order valence-corrected chi connectivity index (χ4v) is 2.43. The van der Waals surface area contributed by atoms with Crippen LogP contribution >= 0.6 is 0 Å². The summed E-state index contributed by atoms with van der Waals surface area (Å²) in [4.78, 5) is 23.2. The zero-order valence-corrected chi connectivity index (χ0v) is 15.5. The third-order valence-corrected chi connectivity index (χ3v) is 3.72. The average Bonchev–Trinajstić information content (AvgIpc) is 2.68. The topological polar surface area (TPSA) is 77.0 Å². The first-order chi connectivity index (χ1) is 13.5. The van der Waals surface area contributed by atoms with E-state index in [9.17, 15) is 9.18 Å². The van der Waals surface area contributed by atoms with Crippen molar-refractivity contribution >= 4 is 12.0 Å². The number of nitrogens with zero attached hydrogens (tertiary/aromatic N) is 3. The molecule has 1 N–H and O–H groups in total. The van der Waals surface area contributed by atoms with Crippen LogP contribution in [0.2, 0.25) is 0 Å². The molecule has 0 aliphatic rings. The van der Waals surface area contributed by atoms with Crippen molar-refractivity contribution in [2.75, 3.05) is 0 Å². The van der Waals surface area contributed by atoms with Crippen LogP contribution in [0.15, 0.2) is 61.1 Å². The SMILES string of the molecule is CC(=O)N[C@@H](C)/C=C/c1ccc(Oc2ccc(-c3ncc(F)cn3)cc2)nc1. The quantitative estimate of drug-likeness (QED) is 0.701. The highest BCUT2D eigenvalue weighted by atomic mass is 19.1. The second-order valence-corrected chi connectivity index (χ2v) is 6.13. The summed E-state index contributed by atoms with van der Waals surface area (Å²) >= 11 is 0. The van der Waals surface area contributed by atoms with Gasteiger partial charge in [0, 0.05) is 30.8 Å². The van der Waals surface area contributed by atoms with E-state index in [1.54, 1.807) is 36.5 Å². The first kappa shape index (κ1) is 19.2. The first-order valence-electron chi connectivity index (χ1n) is 8.67. The van der Waals surface area contributed by atoms with E-state index in [-0.39, 0.29) is 11.9 Å². The van der Waals surface area contributed by atoms with Crippen LogP contribution in [0.25, 0.3) is 17.5 Å². The van der Waals surface area contributed by atoms with Crippen molar-refractivity contribution < 1.29 is 13.9 Å². The molecule has 0 bridgehead atoms. The summed E-state index contributed by atoms with van der Waals surface area (Å²) in [5.41, 5.74) is 1.66. The second-order valence-electron chi connectivity index (χ2n) is 6.13. The number of carbonyl (C=O) groups excluding carboxylic acids is 1. The van der Waals surface area contributed by atoms with Crippen molar-refractivity contribution in [1.29, 1.82) is 0 Å². The Bertz CT molecular complexity index is 955. The Morgan fingerprint density at radius 2 is 1.79 bits per heavy atom. The minimum absolute atomic E-state index is 0.0583. The molecule has 1 amide bonds.